The van der Waals surface area contributed by atoms with E-state index < -0.39 is 6.10 Å². The molecule has 2 N–H and O–H groups in total. The van der Waals surface area contributed by atoms with Gasteiger partial charge in [0.05, 0.1) is 6.61 Å². The Balaban J connectivity index is 1.99. The number of anilines is 1. The van der Waals surface area contributed by atoms with Gasteiger partial charge in [-0.2, -0.15) is 0 Å². The van der Waals surface area contributed by atoms with Gasteiger partial charge < -0.3 is 15.4 Å². The molecule has 1 aliphatic rings. The molecule has 1 atom stereocenters. The fraction of sp³-hybridized carbons (Fsp3) is 0.455. The van der Waals surface area contributed by atoms with Crippen LogP contribution in [-0.4, -0.2) is 36.7 Å². The highest BCUT2D eigenvalue weighted by molar-refractivity contribution is 9.10. The van der Waals surface area contributed by atoms with Gasteiger partial charge in [-0.25, -0.2) is 4.98 Å². The molecule has 0 aliphatic carbocycles. The standard InChI is InChI=1S/C11H14BrN3O2/c1-7-4-10(14-5-8(7)12)15-11(16)9-6-13-2-3-17-9/h4-5,9,13H,2-3,6H2,1H3,(H,14,15,16). The second-order valence-electron chi connectivity index (χ2n) is 3.87. The summed E-state index contributed by atoms with van der Waals surface area (Å²) in [6.07, 6.45) is 1.24. The first-order valence-electron chi connectivity index (χ1n) is 5.42. The average molecular weight is 300 g/mol. The lowest BCUT2D eigenvalue weighted by Crippen LogP contribution is -2.45. The molecule has 0 aromatic carbocycles. The van der Waals surface area contributed by atoms with E-state index in [0.29, 0.717) is 19.0 Å². The molecule has 0 spiro atoms. The van der Waals surface area contributed by atoms with Crippen molar-refractivity contribution in [2.75, 3.05) is 25.0 Å². The summed E-state index contributed by atoms with van der Waals surface area (Å²) in [7, 11) is 0. The number of nitrogens with zero attached hydrogens (tertiary/aromatic N) is 1. The molecule has 6 heteroatoms. The SMILES string of the molecule is Cc1cc(NC(=O)C2CNCCO2)ncc1Br. The minimum Gasteiger partial charge on any atom is -0.366 e. The zero-order valence-corrected chi connectivity index (χ0v) is 11.1. The molecule has 92 valence electrons. The van der Waals surface area contributed by atoms with Crippen molar-refractivity contribution in [1.82, 2.24) is 10.3 Å². The van der Waals surface area contributed by atoms with Crippen LogP contribution in [0.2, 0.25) is 0 Å². The summed E-state index contributed by atoms with van der Waals surface area (Å²) in [5.74, 6) is 0.385. The van der Waals surface area contributed by atoms with Crippen LogP contribution in [-0.2, 0) is 9.53 Å². The molecular weight excluding hydrogens is 286 g/mol. The van der Waals surface area contributed by atoms with Crippen molar-refractivity contribution in [2.24, 2.45) is 0 Å². The first-order chi connectivity index (χ1) is 8.16. The average Bonchev–Trinajstić information content (AvgIpc) is 2.35. The zero-order valence-electron chi connectivity index (χ0n) is 9.50. The van der Waals surface area contributed by atoms with Gasteiger partial charge in [-0.05, 0) is 34.5 Å². The number of carbonyl (C=O) groups is 1. The van der Waals surface area contributed by atoms with Crippen LogP contribution in [0.15, 0.2) is 16.7 Å². The minimum absolute atomic E-state index is 0.161. The number of hydrogen-bond donors (Lipinski definition) is 2. The third kappa shape index (κ3) is 3.24. The molecule has 1 amide bonds. The van der Waals surface area contributed by atoms with E-state index in [1.807, 2.05) is 13.0 Å². The number of ether oxygens (including phenoxy) is 1. The van der Waals surface area contributed by atoms with Gasteiger partial charge in [-0.3, -0.25) is 4.79 Å². The Hall–Kier alpha value is -0.980. The van der Waals surface area contributed by atoms with Crippen LogP contribution < -0.4 is 10.6 Å². The molecule has 0 radical (unpaired) electrons. The molecule has 1 aliphatic heterocycles. The van der Waals surface area contributed by atoms with Crippen molar-refractivity contribution in [2.45, 2.75) is 13.0 Å². The van der Waals surface area contributed by atoms with Crippen LogP contribution in [0.5, 0.6) is 0 Å². The van der Waals surface area contributed by atoms with E-state index in [9.17, 15) is 4.79 Å². The lowest BCUT2D eigenvalue weighted by Gasteiger charge is -2.22. The summed E-state index contributed by atoms with van der Waals surface area (Å²) in [5, 5.41) is 5.85. The molecule has 2 rings (SSSR count). The maximum Gasteiger partial charge on any atom is 0.255 e. The first kappa shape index (κ1) is 12.5. The molecule has 17 heavy (non-hydrogen) atoms. The second kappa shape index (κ2) is 5.57. The molecule has 0 bridgehead atoms. The molecule has 1 saturated heterocycles. The van der Waals surface area contributed by atoms with Gasteiger partial charge in [-0.1, -0.05) is 0 Å². The summed E-state index contributed by atoms with van der Waals surface area (Å²) in [6, 6.07) is 1.82. The van der Waals surface area contributed by atoms with Gasteiger partial charge >= 0.3 is 0 Å². The maximum absolute atomic E-state index is 11.8. The topological polar surface area (TPSA) is 63.2 Å². The number of pyridine rings is 1. The smallest absolute Gasteiger partial charge is 0.255 e. The van der Waals surface area contributed by atoms with Crippen LogP contribution in [0.25, 0.3) is 0 Å². The van der Waals surface area contributed by atoms with Crippen LogP contribution in [0.3, 0.4) is 0 Å². The third-order valence-electron chi connectivity index (χ3n) is 2.52. The highest BCUT2D eigenvalue weighted by Gasteiger charge is 2.21. The Morgan fingerprint density at radius 2 is 2.53 bits per heavy atom. The van der Waals surface area contributed by atoms with Crippen molar-refractivity contribution in [3.05, 3.63) is 22.3 Å². The molecular formula is C11H14BrN3O2. The lowest BCUT2D eigenvalue weighted by atomic mass is 10.2. The number of halogens is 1. The van der Waals surface area contributed by atoms with Crippen LogP contribution in [0.1, 0.15) is 5.56 Å². The van der Waals surface area contributed by atoms with Crippen molar-refractivity contribution < 1.29 is 9.53 Å². The summed E-state index contributed by atoms with van der Waals surface area (Å²) in [5.41, 5.74) is 1.03. The number of morpholine rings is 1. The quantitative estimate of drug-likeness (QED) is 0.858. The molecule has 1 unspecified atom stereocenters. The zero-order chi connectivity index (χ0) is 12.3. The highest BCUT2D eigenvalue weighted by Crippen LogP contribution is 2.17. The predicted molar refractivity (Wildman–Crippen MR) is 67.9 cm³/mol. The van der Waals surface area contributed by atoms with E-state index in [0.717, 1.165) is 16.6 Å². The number of aryl methyl sites for hydroxylation is 1. The Bertz CT molecular complexity index is 419. The predicted octanol–water partition coefficient (Wildman–Crippen LogP) is 1.08. The fourth-order valence-electron chi connectivity index (χ4n) is 1.55. The monoisotopic (exact) mass is 299 g/mol. The van der Waals surface area contributed by atoms with E-state index in [1.165, 1.54) is 0 Å². The van der Waals surface area contributed by atoms with Crippen molar-refractivity contribution in [3.8, 4) is 0 Å². The van der Waals surface area contributed by atoms with Gasteiger partial charge in [0.2, 0.25) is 0 Å². The van der Waals surface area contributed by atoms with E-state index in [-0.39, 0.29) is 5.91 Å². The van der Waals surface area contributed by atoms with Crippen LogP contribution in [0.4, 0.5) is 5.82 Å². The lowest BCUT2D eigenvalue weighted by molar-refractivity contribution is -0.128. The number of aromatic nitrogens is 1. The number of nitrogens with one attached hydrogen (secondary N) is 2. The molecule has 1 aromatic rings. The first-order valence-corrected chi connectivity index (χ1v) is 6.21. The number of rotatable bonds is 2. The Labute approximate surface area is 108 Å². The second-order valence-corrected chi connectivity index (χ2v) is 4.73. The van der Waals surface area contributed by atoms with Gasteiger partial charge in [0, 0.05) is 23.8 Å². The number of carbonyl (C=O) groups excluding carboxylic acids is 1. The Kier molecular flexibility index (Phi) is 4.09. The fourth-order valence-corrected chi connectivity index (χ4v) is 1.77. The van der Waals surface area contributed by atoms with Crippen molar-refractivity contribution in [3.63, 3.8) is 0 Å². The van der Waals surface area contributed by atoms with E-state index >= 15 is 0 Å². The molecule has 0 saturated carbocycles. The third-order valence-corrected chi connectivity index (χ3v) is 3.35. The summed E-state index contributed by atoms with van der Waals surface area (Å²) in [6.45, 7) is 3.84. The number of hydrogen-bond acceptors (Lipinski definition) is 4. The van der Waals surface area contributed by atoms with E-state index in [4.69, 9.17) is 4.74 Å². The van der Waals surface area contributed by atoms with Gasteiger partial charge in [0.15, 0.2) is 0 Å². The summed E-state index contributed by atoms with van der Waals surface area (Å²) >= 11 is 3.36. The van der Waals surface area contributed by atoms with Crippen molar-refractivity contribution in [1.29, 1.82) is 0 Å². The number of amides is 1. The van der Waals surface area contributed by atoms with E-state index in [1.54, 1.807) is 6.20 Å². The Morgan fingerprint density at radius 3 is 3.18 bits per heavy atom. The van der Waals surface area contributed by atoms with Gasteiger partial charge in [-0.15, -0.1) is 0 Å². The van der Waals surface area contributed by atoms with Crippen LogP contribution in [0, 0.1) is 6.92 Å². The van der Waals surface area contributed by atoms with Gasteiger partial charge in [0.25, 0.3) is 5.91 Å². The summed E-state index contributed by atoms with van der Waals surface area (Å²) in [4.78, 5) is 16.0. The highest BCUT2D eigenvalue weighted by atomic mass is 79.9. The molecule has 2 heterocycles. The van der Waals surface area contributed by atoms with Crippen molar-refractivity contribution >= 4 is 27.7 Å². The summed E-state index contributed by atoms with van der Waals surface area (Å²) < 4.78 is 6.28. The largest absolute Gasteiger partial charge is 0.366 e. The minimum atomic E-state index is -0.436. The van der Waals surface area contributed by atoms with Crippen LogP contribution >= 0.6 is 15.9 Å². The Morgan fingerprint density at radius 1 is 1.71 bits per heavy atom. The van der Waals surface area contributed by atoms with E-state index in [2.05, 4.69) is 31.5 Å². The van der Waals surface area contributed by atoms with Gasteiger partial charge in [0.1, 0.15) is 11.9 Å². The molecule has 5 nitrogen and oxygen atoms in total. The normalized spacial score (nSPS) is 20.0. The molecule has 1 aromatic heterocycles. The molecule has 1 fully saturated rings. The maximum atomic E-state index is 11.8.